The molecule has 0 aromatic carbocycles. The average molecular weight is 237 g/mol. The van der Waals surface area contributed by atoms with E-state index < -0.39 is 11.4 Å². The van der Waals surface area contributed by atoms with Gasteiger partial charge in [-0.05, 0) is 44.5 Å². The molecule has 1 fully saturated rings. The first kappa shape index (κ1) is 12.2. The number of hydrogen-bond acceptors (Lipinski definition) is 3. The molecule has 0 radical (unpaired) electrons. The van der Waals surface area contributed by atoms with E-state index in [1.807, 2.05) is 19.1 Å². The Hall–Kier alpha value is -1.29. The molecule has 0 amide bonds. The SMILES string of the molecule is CCC1(C(=O)O)CCN(Cc2ccco2)CC1. The minimum absolute atomic E-state index is 0.500. The smallest absolute Gasteiger partial charge is 0.309 e. The van der Waals surface area contributed by atoms with E-state index in [0.29, 0.717) is 0 Å². The summed E-state index contributed by atoms with van der Waals surface area (Å²) < 4.78 is 5.30. The summed E-state index contributed by atoms with van der Waals surface area (Å²) in [4.78, 5) is 13.6. The Morgan fingerprint density at radius 2 is 2.24 bits per heavy atom. The minimum atomic E-state index is -0.641. The molecule has 17 heavy (non-hydrogen) atoms. The highest BCUT2D eigenvalue weighted by Gasteiger charge is 2.39. The molecule has 0 saturated carbocycles. The molecular formula is C13H19NO3. The fourth-order valence-corrected chi connectivity index (χ4v) is 2.48. The van der Waals surface area contributed by atoms with E-state index in [-0.39, 0.29) is 0 Å². The molecule has 2 rings (SSSR count). The first-order valence-electron chi connectivity index (χ1n) is 6.14. The van der Waals surface area contributed by atoms with Crippen LogP contribution in [-0.4, -0.2) is 29.1 Å². The number of nitrogens with zero attached hydrogens (tertiary/aromatic N) is 1. The van der Waals surface area contributed by atoms with Crippen LogP contribution in [0.15, 0.2) is 22.8 Å². The molecule has 1 aromatic rings. The summed E-state index contributed by atoms with van der Waals surface area (Å²) in [5.41, 5.74) is -0.500. The van der Waals surface area contributed by atoms with E-state index in [9.17, 15) is 9.90 Å². The molecule has 1 aliphatic rings. The highest BCUT2D eigenvalue weighted by atomic mass is 16.4. The lowest BCUT2D eigenvalue weighted by Crippen LogP contribution is -2.43. The van der Waals surface area contributed by atoms with Gasteiger partial charge in [0.05, 0.1) is 18.2 Å². The average Bonchev–Trinajstić information content (AvgIpc) is 2.83. The third-order valence-corrected chi connectivity index (χ3v) is 3.90. The van der Waals surface area contributed by atoms with Gasteiger partial charge in [0, 0.05) is 0 Å². The second-order valence-corrected chi connectivity index (χ2v) is 4.79. The Kier molecular flexibility index (Phi) is 3.52. The molecule has 0 unspecified atom stereocenters. The molecule has 0 bridgehead atoms. The van der Waals surface area contributed by atoms with Crippen molar-refractivity contribution in [2.75, 3.05) is 13.1 Å². The predicted molar refractivity (Wildman–Crippen MR) is 63.6 cm³/mol. The lowest BCUT2D eigenvalue weighted by atomic mass is 9.76. The van der Waals surface area contributed by atoms with Crippen molar-refractivity contribution in [3.05, 3.63) is 24.2 Å². The van der Waals surface area contributed by atoms with Crippen molar-refractivity contribution in [2.45, 2.75) is 32.7 Å². The van der Waals surface area contributed by atoms with E-state index in [4.69, 9.17) is 4.42 Å². The van der Waals surface area contributed by atoms with Gasteiger partial charge < -0.3 is 9.52 Å². The lowest BCUT2D eigenvalue weighted by Gasteiger charge is -2.37. The van der Waals surface area contributed by atoms with Crippen LogP contribution < -0.4 is 0 Å². The highest BCUT2D eigenvalue weighted by molar-refractivity contribution is 5.74. The van der Waals surface area contributed by atoms with Gasteiger partial charge in [-0.3, -0.25) is 9.69 Å². The van der Waals surface area contributed by atoms with Gasteiger partial charge in [-0.15, -0.1) is 0 Å². The number of carbonyl (C=O) groups is 1. The van der Waals surface area contributed by atoms with Crippen molar-refractivity contribution in [2.24, 2.45) is 5.41 Å². The van der Waals surface area contributed by atoms with Crippen LogP contribution in [0.1, 0.15) is 31.9 Å². The van der Waals surface area contributed by atoms with E-state index in [1.165, 1.54) is 0 Å². The summed E-state index contributed by atoms with van der Waals surface area (Å²) >= 11 is 0. The number of aliphatic carboxylic acids is 1. The van der Waals surface area contributed by atoms with Gasteiger partial charge in [-0.2, -0.15) is 0 Å². The van der Waals surface area contributed by atoms with Gasteiger partial charge in [-0.1, -0.05) is 6.92 Å². The zero-order valence-electron chi connectivity index (χ0n) is 10.2. The third-order valence-electron chi connectivity index (χ3n) is 3.90. The number of piperidine rings is 1. The van der Waals surface area contributed by atoms with Crippen LogP contribution >= 0.6 is 0 Å². The van der Waals surface area contributed by atoms with E-state index in [0.717, 1.165) is 44.7 Å². The number of hydrogen-bond donors (Lipinski definition) is 1. The largest absolute Gasteiger partial charge is 0.481 e. The third kappa shape index (κ3) is 2.52. The standard InChI is InChI=1S/C13H19NO3/c1-2-13(12(15)16)5-7-14(8-6-13)10-11-4-3-9-17-11/h3-4,9H,2,5-8,10H2,1H3,(H,15,16). The Morgan fingerprint density at radius 1 is 1.53 bits per heavy atom. The Balaban J connectivity index is 1.91. The summed E-state index contributed by atoms with van der Waals surface area (Å²) in [6.45, 7) is 4.42. The number of rotatable bonds is 4. The lowest BCUT2D eigenvalue weighted by molar-refractivity contribution is -0.152. The quantitative estimate of drug-likeness (QED) is 0.873. The molecular weight excluding hydrogens is 218 g/mol. The molecule has 0 spiro atoms. The van der Waals surface area contributed by atoms with Gasteiger partial charge in [0.25, 0.3) is 0 Å². The first-order valence-corrected chi connectivity index (χ1v) is 6.14. The summed E-state index contributed by atoms with van der Waals surface area (Å²) in [5.74, 6) is 0.307. The summed E-state index contributed by atoms with van der Waals surface area (Å²) in [6, 6.07) is 3.84. The normalized spacial score (nSPS) is 20.3. The number of carboxylic acid groups (broad SMARTS) is 1. The second-order valence-electron chi connectivity index (χ2n) is 4.79. The van der Waals surface area contributed by atoms with Crippen LogP contribution in [0.3, 0.4) is 0 Å². The Bertz CT molecular complexity index is 364. The van der Waals surface area contributed by atoms with Crippen LogP contribution in [0.4, 0.5) is 0 Å². The predicted octanol–water partition coefficient (Wildman–Crippen LogP) is 2.36. The molecule has 0 atom stereocenters. The Labute approximate surface area is 101 Å². The fraction of sp³-hybridized carbons (Fsp3) is 0.615. The summed E-state index contributed by atoms with van der Waals surface area (Å²) in [6.07, 6.45) is 3.86. The van der Waals surface area contributed by atoms with Crippen molar-refractivity contribution >= 4 is 5.97 Å². The van der Waals surface area contributed by atoms with Crippen molar-refractivity contribution in [3.8, 4) is 0 Å². The van der Waals surface area contributed by atoms with Crippen LogP contribution in [-0.2, 0) is 11.3 Å². The van der Waals surface area contributed by atoms with E-state index in [1.54, 1.807) is 6.26 Å². The molecule has 1 saturated heterocycles. The maximum atomic E-state index is 11.3. The first-order chi connectivity index (χ1) is 8.16. The van der Waals surface area contributed by atoms with Gasteiger partial charge in [0.15, 0.2) is 0 Å². The van der Waals surface area contributed by atoms with Crippen molar-refractivity contribution in [3.63, 3.8) is 0 Å². The number of furan rings is 1. The van der Waals surface area contributed by atoms with Gasteiger partial charge in [0.2, 0.25) is 0 Å². The van der Waals surface area contributed by atoms with Crippen LogP contribution in [0, 0.1) is 5.41 Å². The highest BCUT2D eigenvalue weighted by Crippen LogP contribution is 2.35. The summed E-state index contributed by atoms with van der Waals surface area (Å²) in [7, 11) is 0. The van der Waals surface area contributed by atoms with Crippen LogP contribution in [0.5, 0.6) is 0 Å². The monoisotopic (exact) mass is 237 g/mol. The molecule has 0 aliphatic carbocycles. The zero-order valence-corrected chi connectivity index (χ0v) is 10.2. The van der Waals surface area contributed by atoms with Gasteiger partial charge >= 0.3 is 5.97 Å². The topological polar surface area (TPSA) is 53.7 Å². The maximum absolute atomic E-state index is 11.3. The van der Waals surface area contributed by atoms with Gasteiger partial charge in [0.1, 0.15) is 5.76 Å². The molecule has 4 nitrogen and oxygen atoms in total. The molecule has 4 heteroatoms. The molecule has 1 aromatic heterocycles. The zero-order chi connectivity index (χ0) is 12.3. The molecule has 94 valence electrons. The fourth-order valence-electron chi connectivity index (χ4n) is 2.48. The van der Waals surface area contributed by atoms with Crippen molar-refractivity contribution < 1.29 is 14.3 Å². The molecule has 1 N–H and O–H groups in total. The van der Waals surface area contributed by atoms with Crippen molar-refractivity contribution in [1.82, 2.24) is 4.90 Å². The molecule has 2 heterocycles. The van der Waals surface area contributed by atoms with E-state index >= 15 is 0 Å². The Morgan fingerprint density at radius 3 is 2.71 bits per heavy atom. The minimum Gasteiger partial charge on any atom is -0.481 e. The number of likely N-dealkylation sites (tertiary alicyclic amines) is 1. The van der Waals surface area contributed by atoms with Crippen molar-refractivity contribution in [1.29, 1.82) is 0 Å². The van der Waals surface area contributed by atoms with Gasteiger partial charge in [-0.25, -0.2) is 0 Å². The molecule has 1 aliphatic heterocycles. The summed E-state index contributed by atoms with van der Waals surface area (Å²) in [5, 5.41) is 9.29. The number of carboxylic acids is 1. The van der Waals surface area contributed by atoms with Crippen LogP contribution in [0.25, 0.3) is 0 Å². The van der Waals surface area contributed by atoms with E-state index in [2.05, 4.69) is 4.90 Å². The second kappa shape index (κ2) is 4.92. The van der Waals surface area contributed by atoms with Crippen LogP contribution in [0.2, 0.25) is 0 Å². The maximum Gasteiger partial charge on any atom is 0.309 e.